The number of hydrogen-bond acceptors (Lipinski definition) is 1. The van der Waals surface area contributed by atoms with Crippen LogP contribution in [-0.4, -0.2) is 6.29 Å². The number of benzene rings is 1. The van der Waals surface area contributed by atoms with Crippen molar-refractivity contribution >= 4 is 6.29 Å². The zero-order valence-electron chi connectivity index (χ0n) is 9.16. The van der Waals surface area contributed by atoms with Crippen LogP contribution < -0.4 is 0 Å². The van der Waals surface area contributed by atoms with Crippen LogP contribution in [0.4, 0.5) is 0 Å². The lowest BCUT2D eigenvalue weighted by molar-refractivity contribution is -0.110. The highest BCUT2D eigenvalue weighted by atomic mass is 16.1. The predicted molar refractivity (Wildman–Crippen MR) is 59.5 cm³/mol. The highest BCUT2D eigenvalue weighted by Gasteiger charge is 2.08. The van der Waals surface area contributed by atoms with Crippen molar-refractivity contribution in [3.8, 4) is 0 Å². The molecule has 0 aliphatic heterocycles. The lowest BCUT2D eigenvalue weighted by atomic mass is 9.92. The van der Waals surface area contributed by atoms with E-state index >= 15 is 0 Å². The standard InChI is InChI=1S/C13H18O/c1-10(2)13-7-5-4-6-12(13)8-11(3)9-14/h4-7,9-11H,8H2,1-3H3/t11-/m1/s1. The Morgan fingerprint density at radius 1 is 1.21 bits per heavy atom. The summed E-state index contributed by atoms with van der Waals surface area (Å²) in [7, 11) is 0. The van der Waals surface area contributed by atoms with E-state index in [-0.39, 0.29) is 5.92 Å². The minimum Gasteiger partial charge on any atom is -0.303 e. The first-order valence-electron chi connectivity index (χ1n) is 5.18. The Labute approximate surface area is 86.1 Å². The van der Waals surface area contributed by atoms with E-state index in [2.05, 4.69) is 32.0 Å². The SMILES string of the molecule is CC(C)c1ccccc1C[C@@H](C)C=O. The van der Waals surface area contributed by atoms with Crippen LogP contribution >= 0.6 is 0 Å². The molecule has 0 spiro atoms. The van der Waals surface area contributed by atoms with Gasteiger partial charge in [0.1, 0.15) is 6.29 Å². The maximum absolute atomic E-state index is 10.6. The quantitative estimate of drug-likeness (QED) is 0.666. The van der Waals surface area contributed by atoms with Crippen molar-refractivity contribution in [1.29, 1.82) is 0 Å². The van der Waals surface area contributed by atoms with Crippen molar-refractivity contribution in [3.05, 3.63) is 35.4 Å². The Hall–Kier alpha value is -1.11. The summed E-state index contributed by atoms with van der Waals surface area (Å²) in [5.74, 6) is 0.653. The summed E-state index contributed by atoms with van der Waals surface area (Å²) < 4.78 is 0. The van der Waals surface area contributed by atoms with Crippen molar-refractivity contribution < 1.29 is 4.79 Å². The summed E-state index contributed by atoms with van der Waals surface area (Å²) in [4.78, 5) is 10.6. The van der Waals surface area contributed by atoms with Gasteiger partial charge in [0, 0.05) is 5.92 Å². The van der Waals surface area contributed by atoms with Crippen LogP contribution in [-0.2, 0) is 11.2 Å². The summed E-state index contributed by atoms with van der Waals surface area (Å²) in [5, 5.41) is 0. The second-order valence-electron chi connectivity index (χ2n) is 4.17. The van der Waals surface area contributed by atoms with E-state index in [4.69, 9.17) is 0 Å². The molecule has 0 saturated heterocycles. The number of carbonyl (C=O) groups is 1. The Kier molecular flexibility index (Phi) is 3.87. The molecule has 0 aromatic heterocycles. The summed E-state index contributed by atoms with van der Waals surface area (Å²) in [6, 6.07) is 8.37. The molecule has 76 valence electrons. The second kappa shape index (κ2) is 4.94. The summed E-state index contributed by atoms with van der Waals surface area (Å²) in [5.41, 5.74) is 2.67. The Morgan fingerprint density at radius 2 is 1.86 bits per heavy atom. The van der Waals surface area contributed by atoms with Gasteiger partial charge in [-0.3, -0.25) is 0 Å². The van der Waals surface area contributed by atoms with E-state index < -0.39 is 0 Å². The van der Waals surface area contributed by atoms with Crippen molar-refractivity contribution in [2.24, 2.45) is 5.92 Å². The van der Waals surface area contributed by atoms with Gasteiger partial charge in [0.25, 0.3) is 0 Å². The number of aldehydes is 1. The largest absolute Gasteiger partial charge is 0.303 e. The third-order valence-electron chi connectivity index (χ3n) is 2.45. The highest BCUT2D eigenvalue weighted by Crippen LogP contribution is 2.21. The molecule has 1 aromatic rings. The Morgan fingerprint density at radius 3 is 2.43 bits per heavy atom. The summed E-state index contributed by atoms with van der Waals surface area (Å²) in [6.45, 7) is 6.33. The Balaban J connectivity index is 2.89. The van der Waals surface area contributed by atoms with E-state index in [0.717, 1.165) is 12.7 Å². The molecule has 1 aromatic carbocycles. The van der Waals surface area contributed by atoms with E-state index in [1.54, 1.807) is 0 Å². The molecule has 0 unspecified atom stereocenters. The molecule has 0 saturated carbocycles. The summed E-state index contributed by atoms with van der Waals surface area (Å²) >= 11 is 0. The molecule has 1 atom stereocenters. The molecule has 0 aliphatic rings. The van der Waals surface area contributed by atoms with Gasteiger partial charge >= 0.3 is 0 Å². The van der Waals surface area contributed by atoms with E-state index in [0.29, 0.717) is 5.92 Å². The van der Waals surface area contributed by atoms with Gasteiger partial charge in [-0.25, -0.2) is 0 Å². The molecular weight excluding hydrogens is 172 g/mol. The van der Waals surface area contributed by atoms with Gasteiger partial charge in [-0.1, -0.05) is 45.0 Å². The average molecular weight is 190 g/mol. The van der Waals surface area contributed by atoms with Crippen LogP contribution in [0.5, 0.6) is 0 Å². The zero-order valence-corrected chi connectivity index (χ0v) is 9.16. The van der Waals surface area contributed by atoms with Crippen LogP contribution in [0.1, 0.15) is 37.8 Å². The van der Waals surface area contributed by atoms with Crippen LogP contribution in [0.2, 0.25) is 0 Å². The third-order valence-corrected chi connectivity index (χ3v) is 2.45. The molecule has 0 fully saturated rings. The molecule has 1 rings (SSSR count). The molecule has 0 N–H and O–H groups in total. The molecular formula is C13H18O. The monoisotopic (exact) mass is 190 g/mol. The predicted octanol–water partition coefficient (Wildman–Crippen LogP) is 3.19. The first kappa shape index (κ1) is 11.0. The van der Waals surface area contributed by atoms with Crippen LogP contribution in [0.3, 0.4) is 0 Å². The average Bonchev–Trinajstić information content (AvgIpc) is 2.18. The minimum absolute atomic E-state index is 0.120. The zero-order chi connectivity index (χ0) is 10.6. The molecule has 0 amide bonds. The maximum atomic E-state index is 10.6. The van der Waals surface area contributed by atoms with Gasteiger partial charge < -0.3 is 4.79 Å². The lowest BCUT2D eigenvalue weighted by Crippen LogP contribution is -2.04. The van der Waals surface area contributed by atoms with Gasteiger partial charge in [0.15, 0.2) is 0 Å². The first-order valence-corrected chi connectivity index (χ1v) is 5.18. The molecule has 0 radical (unpaired) electrons. The van der Waals surface area contributed by atoms with Gasteiger partial charge in [0.2, 0.25) is 0 Å². The fraction of sp³-hybridized carbons (Fsp3) is 0.462. The molecule has 0 heterocycles. The fourth-order valence-corrected chi connectivity index (χ4v) is 1.68. The molecule has 1 nitrogen and oxygen atoms in total. The molecule has 0 bridgehead atoms. The van der Waals surface area contributed by atoms with E-state index in [1.807, 2.05) is 13.0 Å². The third kappa shape index (κ3) is 2.69. The second-order valence-corrected chi connectivity index (χ2v) is 4.17. The van der Waals surface area contributed by atoms with Gasteiger partial charge in [-0.05, 0) is 23.5 Å². The lowest BCUT2D eigenvalue weighted by Gasteiger charge is -2.13. The van der Waals surface area contributed by atoms with Crippen LogP contribution in [0.25, 0.3) is 0 Å². The van der Waals surface area contributed by atoms with Crippen LogP contribution in [0.15, 0.2) is 24.3 Å². The van der Waals surface area contributed by atoms with Crippen molar-refractivity contribution in [2.45, 2.75) is 33.1 Å². The highest BCUT2D eigenvalue weighted by molar-refractivity contribution is 5.54. The van der Waals surface area contributed by atoms with Crippen molar-refractivity contribution in [3.63, 3.8) is 0 Å². The van der Waals surface area contributed by atoms with Crippen molar-refractivity contribution in [1.82, 2.24) is 0 Å². The number of rotatable bonds is 4. The first-order chi connectivity index (χ1) is 6.65. The summed E-state index contributed by atoms with van der Waals surface area (Å²) in [6.07, 6.45) is 1.88. The van der Waals surface area contributed by atoms with Crippen molar-refractivity contribution in [2.75, 3.05) is 0 Å². The topological polar surface area (TPSA) is 17.1 Å². The fourth-order valence-electron chi connectivity index (χ4n) is 1.68. The maximum Gasteiger partial charge on any atom is 0.123 e. The van der Waals surface area contributed by atoms with Crippen LogP contribution in [0, 0.1) is 5.92 Å². The van der Waals surface area contributed by atoms with Gasteiger partial charge in [-0.15, -0.1) is 0 Å². The Bertz CT molecular complexity index is 302. The normalized spacial score (nSPS) is 12.9. The van der Waals surface area contributed by atoms with E-state index in [1.165, 1.54) is 11.1 Å². The number of hydrogen-bond donors (Lipinski definition) is 0. The number of carbonyl (C=O) groups excluding carboxylic acids is 1. The molecule has 14 heavy (non-hydrogen) atoms. The van der Waals surface area contributed by atoms with Gasteiger partial charge in [-0.2, -0.15) is 0 Å². The van der Waals surface area contributed by atoms with E-state index in [9.17, 15) is 4.79 Å². The molecule has 1 heteroatoms. The smallest absolute Gasteiger partial charge is 0.123 e. The molecule has 0 aliphatic carbocycles. The minimum atomic E-state index is 0.120. The van der Waals surface area contributed by atoms with Gasteiger partial charge in [0.05, 0.1) is 0 Å².